The summed E-state index contributed by atoms with van der Waals surface area (Å²) in [7, 11) is 0. The maximum atomic E-state index is 6.12. The highest BCUT2D eigenvalue weighted by molar-refractivity contribution is 5.89. The number of anilines is 1. The molecular formula is C18H18N6O. The molecule has 4 aromatic heterocycles. The predicted octanol–water partition coefficient (Wildman–Crippen LogP) is 3.26. The van der Waals surface area contributed by atoms with Crippen molar-refractivity contribution in [1.82, 2.24) is 24.6 Å². The van der Waals surface area contributed by atoms with E-state index in [1.165, 1.54) is 0 Å². The molecule has 7 nitrogen and oxygen atoms in total. The van der Waals surface area contributed by atoms with Crippen molar-refractivity contribution in [3.05, 3.63) is 47.2 Å². The number of nitrogens with two attached hydrogens (primary N) is 1. The van der Waals surface area contributed by atoms with Gasteiger partial charge in [-0.25, -0.2) is 9.97 Å². The van der Waals surface area contributed by atoms with Gasteiger partial charge in [0.15, 0.2) is 11.4 Å². The normalized spacial score (nSPS) is 11.4. The fraction of sp³-hybridized carbons (Fsp3) is 0.222. The van der Waals surface area contributed by atoms with Crippen LogP contribution in [0.3, 0.4) is 0 Å². The molecular weight excluding hydrogens is 316 g/mol. The van der Waals surface area contributed by atoms with Gasteiger partial charge >= 0.3 is 0 Å². The zero-order valence-corrected chi connectivity index (χ0v) is 14.5. The van der Waals surface area contributed by atoms with E-state index in [0.717, 1.165) is 28.3 Å². The first-order valence-corrected chi connectivity index (χ1v) is 7.97. The Morgan fingerprint density at radius 3 is 2.32 bits per heavy atom. The monoisotopic (exact) mass is 334 g/mol. The van der Waals surface area contributed by atoms with Crippen molar-refractivity contribution in [2.45, 2.75) is 27.7 Å². The molecule has 4 aromatic rings. The van der Waals surface area contributed by atoms with Crippen molar-refractivity contribution < 1.29 is 4.42 Å². The van der Waals surface area contributed by atoms with Gasteiger partial charge in [0.05, 0.1) is 5.56 Å². The Morgan fingerprint density at radius 1 is 0.960 bits per heavy atom. The lowest BCUT2D eigenvalue weighted by molar-refractivity contribution is 0.546. The quantitative estimate of drug-likeness (QED) is 0.604. The average Bonchev–Trinajstić information content (AvgIpc) is 3.12. The Morgan fingerprint density at radius 2 is 1.68 bits per heavy atom. The number of pyridine rings is 1. The van der Waals surface area contributed by atoms with E-state index < -0.39 is 0 Å². The van der Waals surface area contributed by atoms with Crippen LogP contribution >= 0.6 is 0 Å². The third-order valence-electron chi connectivity index (χ3n) is 3.96. The Labute approximate surface area is 144 Å². The Hall–Kier alpha value is -3.22. The van der Waals surface area contributed by atoms with Gasteiger partial charge in [0, 0.05) is 11.4 Å². The second-order valence-corrected chi connectivity index (χ2v) is 6.14. The lowest BCUT2D eigenvalue weighted by Crippen LogP contribution is -2.06. The van der Waals surface area contributed by atoms with E-state index in [-0.39, 0.29) is 5.95 Å². The second kappa shape index (κ2) is 5.41. The van der Waals surface area contributed by atoms with Crippen LogP contribution in [0, 0.1) is 27.7 Å². The summed E-state index contributed by atoms with van der Waals surface area (Å²) in [6.07, 6.45) is 0. The highest BCUT2D eigenvalue weighted by Gasteiger charge is 2.21. The lowest BCUT2D eigenvalue weighted by atomic mass is 10.0. The Kier molecular flexibility index (Phi) is 3.31. The van der Waals surface area contributed by atoms with E-state index in [1.807, 2.05) is 52.0 Å². The molecule has 0 bridgehead atoms. The van der Waals surface area contributed by atoms with Gasteiger partial charge in [-0.15, -0.1) is 5.10 Å². The number of furan rings is 1. The number of hydrogen-bond donors (Lipinski definition) is 1. The lowest BCUT2D eigenvalue weighted by Gasteiger charge is -2.11. The summed E-state index contributed by atoms with van der Waals surface area (Å²) in [5.41, 5.74) is 11.0. The zero-order chi connectivity index (χ0) is 17.7. The van der Waals surface area contributed by atoms with Gasteiger partial charge in [-0.05, 0) is 57.5 Å². The standard InChI is InChI=1S/C18H18N6O/c1-9-7-13(8-10(2)20-9)15-16(14-6-5-11(3)25-14)22-18(19)24-17(15)21-12(4)23-24/h5-8H,1-4H3,(H2,19,22). The fourth-order valence-electron chi connectivity index (χ4n) is 3.05. The largest absolute Gasteiger partial charge is 0.460 e. The molecule has 0 fully saturated rings. The number of nitrogens with zero attached hydrogens (tertiary/aromatic N) is 5. The van der Waals surface area contributed by atoms with Crippen LogP contribution in [0.4, 0.5) is 5.95 Å². The van der Waals surface area contributed by atoms with Crippen molar-refractivity contribution in [2.75, 3.05) is 5.73 Å². The SMILES string of the molecule is Cc1cc(-c2c(-c3ccc(C)o3)nc(N)n3nc(C)nc23)cc(C)n1. The van der Waals surface area contributed by atoms with E-state index in [4.69, 9.17) is 10.2 Å². The molecule has 0 saturated heterocycles. The zero-order valence-electron chi connectivity index (χ0n) is 14.5. The maximum absolute atomic E-state index is 6.12. The molecule has 0 aliphatic carbocycles. The van der Waals surface area contributed by atoms with Crippen molar-refractivity contribution in [3.8, 4) is 22.6 Å². The number of hydrogen-bond acceptors (Lipinski definition) is 6. The molecule has 4 rings (SSSR count). The summed E-state index contributed by atoms with van der Waals surface area (Å²) < 4.78 is 7.38. The van der Waals surface area contributed by atoms with Crippen molar-refractivity contribution >= 4 is 11.6 Å². The van der Waals surface area contributed by atoms with Crippen LogP contribution in [0.2, 0.25) is 0 Å². The Balaban J connectivity index is 2.13. The minimum absolute atomic E-state index is 0.269. The number of aryl methyl sites for hydroxylation is 4. The second-order valence-electron chi connectivity index (χ2n) is 6.14. The molecule has 0 aliphatic heterocycles. The summed E-state index contributed by atoms with van der Waals surface area (Å²) >= 11 is 0. The molecule has 0 aromatic carbocycles. The first-order valence-electron chi connectivity index (χ1n) is 7.97. The number of rotatable bonds is 2. The van der Waals surface area contributed by atoms with Gasteiger partial charge in [0.25, 0.3) is 0 Å². The molecule has 0 radical (unpaired) electrons. The van der Waals surface area contributed by atoms with Crippen LogP contribution in [0.25, 0.3) is 28.2 Å². The Bertz CT molecular complexity index is 1090. The average molecular weight is 334 g/mol. The fourth-order valence-corrected chi connectivity index (χ4v) is 3.05. The van der Waals surface area contributed by atoms with Gasteiger partial charge in [-0.2, -0.15) is 4.52 Å². The molecule has 0 atom stereocenters. The van der Waals surface area contributed by atoms with E-state index in [0.29, 0.717) is 22.9 Å². The first kappa shape index (κ1) is 15.3. The van der Waals surface area contributed by atoms with E-state index in [1.54, 1.807) is 4.52 Å². The highest BCUT2D eigenvalue weighted by atomic mass is 16.3. The summed E-state index contributed by atoms with van der Waals surface area (Å²) in [4.78, 5) is 13.6. The molecule has 7 heteroatoms. The highest BCUT2D eigenvalue weighted by Crippen LogP contribution is 2.35. The summed E-state index contributed by atoms with van der Waals surface area (Å²) in [6, 6.07) is 7.80. The van der Waals surface area contributed by atoms with E-state index in [9.17, 15) is 0 Å². The van der Waals surface area contributed by atoms with Crippen LogP contribution in [0.1, 0.15) is 23.0 Å². The summed E-state index contributed by atoms with van der Waals surface area (Å²) in [6.45, 7) is 7.65. The molecule has 0 amide bonds. The minimum Gasteiger partial charge on any atom is -0.460 e. The van der Waals surface area contributed by atoms with Crippen LogP contribution in [0.15, 0.2) is 28.7 Å². The molecule has 0 spiro atoms. The maximum Gasteiger partial charge on any atom is 0.223 e. The van der Waals surface area contributed by atoms with Gasteiger partial charge < -0.3 is 10.2 Å². The predicted molar refractivity (Wildman–Crippen MR) is 95.1 cm³/mol. The molecule has 4 heterocycles. The number of aromatic nitrogens is 5. The van der Waals surface area contributed by atoms with Gasteiger partial charge in [0.2, 0.25) is 5.95 Å². The number of fused-ring (bicyclic) bond motifs is 1. The van der Waals surface area contributed by atoms with E-state index in [2.05, 4.69) is 20.1 Å². The van der Waals surface area contributed by atoms with Gasteiger partial charge in [-0.1, -0.05) is 0 Å². The van der Waals surface area contributed by atoms with Gasteiger partial charge in [0.1, 0.15) is 17.3 Å². The van der Waals surface area contributed by atoms with Crippen LogP contribution < -0.4 is 5.73 Å². The minimum atomic E-state index is 0.269. The molecule has 0 aliphatic rings. The van der Waals surface area contributed by atoms with Crippen molar-refractivity contribution in [2.24, 2.45) is 0 Å². The van der Waals surface area contributed by atoms with Crippen LogP contribution in [0.5, 0.6) is 0 Å². The smallest absolute Gasteiger partial charge is 0.223 e. The molecule has 25 heavy (non-hydrogen) atoms. The summed E-state index contributed by atoms with van der Waals surface area (Å²) in [5, 5.41) is 4.36. The van der Waals surface area contributed by atoms with Crippen molar-refractivity contribution in [3.63, 3.8) is 0 Å². The first-order chi connectivity index (χ1) is 11.9. The van der Waals surface area contributed by atoms with Crippen molar-refractivity contribution in [1.29, 1.82) is 0 Å². The van der Waals surface area contributed by atoms with Gasteiger partial charge in [-0.3, -0.25) is 4.98 Å². The third-order valence-corrected chi connectivity index (χ3v) is 3.96. The number of nitrogen functional groups attached to an aromatic ring is 1. The molecule has 126 valence electrons. The molecule has 2 N–H and O–H groups in total. The topological polar surface area (TPSA) is 95.1 Å². The molecule has 0 unspecified atom stereocenters. The third kappa shape index (κ3) is 2.53. The molecule has 0 saturated carbocycles. The van der Waals surface area contributed by atoms with Crippen LogP contribution in [-0.2, 0) is 0 Å². The van der Waals surface area contributed by atoms with E-state index >= 15 is 0 Å². The van der Waals surface area contributed by atoms with Crippen LogP contribution in [-0.4, -0.2) is 24.6 Å². The summed E-state index contributed by atoms with van der Waals surface area (Å²) in [5.74, 6) is 2.35.